The molecule has 0 atom stereocenters. The van der Waals surface area contributed by atoms with Crippen molar-refractivity contribution in [2.75, 3.05) is 25.5 Å². The molecular weight excluding hydrogens is 300 g/mol. The molecule has 1 aromatic rings. The first-order chi connectivity index (χ1) is 10.6. The molecule has 0 aliphatic carbocycles. The van der Waals surface area contributed by atoms with E-state index >= 15 is 0 Å². The molecule has 1 aliphatic heterocycles. The topological polar surface area (TPSA) is 89.1 Å². The van der Waals surface area contributed by atoms with E-state index in [1.54, 1.807) is 32.9 Å². The molecule has 23 heavy (non-hydrogen) atoms. The number of methoxy groups -OCH3 is 1. The minimum Gasteiger partial charge on any atom is -0.503 e. The predicted octanol–water partition coefficient (Wildman–Crippen LogP) is 2.49. The SMILES string of the molecule is COc1cc(OC2(C)CNC2)cc(NC(=O)OC(C)(C)C)c1O. The van der Waals surface area contributed by atoms with Gasteiger partial charge in [0.1, 0.15) is 17.0 Å². The van der Waals surface area contributed by atoms with Gasteiger partial charge >= 0.3 is 6.09 Å². The van der Waals surface area contributed by atoms with Gasteiger partial charge in [-0.05, 0) is 27.7 Å². The van der Waals surface area contributed by atoms with Crippen LogP contribution in [0.2, 0.25) is 0 Å². The number of benzene rings is 1. The van der Waals surface area contributed by atoms with E-state index in [1.807, 2.05) is 6.92 Å². The highest BCUT2D eigenvalue weighted by Crippen LogP contribution is 2.39. The standard InChI is InChI=1S/C16H24N2O5/c1-15(2,3)23-14(20)18-11-6-10(7-12(21-5)13(11)19)22-16(4)8-17-9-16/h6-7,17,19H,8-9H2,1-5H3,(H,18,20). The predicted molar refractivity (Wildman–Crippen MR) is 86.4 cm³/mol. The fourth-order valence-electron chi connectivity index (χ4n) is 2.14. The van der Waals surface area contributed by atoms with Gasteiger partial charge in [-0.25, -0.2) is 4.79 Å². The van der Waals surface area contributed by atoms with Gasteiger partial charge < -0.3 is 24.6 Å². The number of carbonyl (C=O) groups excluding carboxylic acids is 1. The van der Waals surface area contributed by atoms with E-state index in [0.29, 0.717) is 5.75 Å². The molecule has 2 rings (SSSR count). The summed E-state index contributed by atoms with van der Waals surface area (Å²) in [5.41, 5.74) is -0.779. The normalized spacial score (nSPS) is 16.2. The van der Waals surface area contributed by atoms with Crippen LogP contribution in [0.1, 0.15) is 27.7 Å². The number of nitrogens with one attached hydrogen (secondary N) is 2. The molecule has 0 aromatic heterocycles. The highest BCUT2D eigenvalue weighted by Gasteiger charge is 2.34. The lowest BCUT2D eigenvalue weighted by Crippen LogP contribution is -2.61. The van der Waals surface area contributed by atoms with Gasteiger partial charge in [0.05, 0.1) is 12.8 Å². The summed E-state index contributed by atoms with van der Waals surface area (Å²) in [5.74, 6) is 0.529. The lowest BCUT2D eigenvalue weighted by Gasteiger charge is -2.39. The third-order valence-electron chi connectivity index (χ3n) is 3.27. The molecule has 0 radical (unpaired) electrons. The number of hydrogen-bond donors (Lipinski definition) is 3. The van der Waals surface area contributed by atoms with Crippen molar-refractivity contribution in [2.45, 2.75) is 38.9 Å². The maximum absolute atomic E-state index is 11.9. The van der Waals surface area contributed by atoms with Gasteiger partial charge in [-0.2, -0.15) is 0 Å². The third-order valence-corrected chi connectivity index (χ3v) is 3.27. The first kappa shape index (κ1) is 17.2. The van der Waals surface area contributed by atoms with E-state index in [1.165, 1.54) is 7.11 Å². The van der Waals surface area contributed by atoms with Crippen molar-refractivity contribution in [3.63, 3.8) is 0 Å². The summed E-state index contributed by atoms with van der Waals surface area (Å²) in [6, 6.07) is 3.13. The summed E-state index contributed by atoms with van der Waals surface area (Å²) in [7, 11) is 1.43. The van der Waals surface area contributed by atoms with Crippen LogP contribution < -0.4 is 20.1 Å². The summed E-state index contributed by atoms with van der Waals surface area (Å²) in [6.07, 6.45) is -0.663. The monoisotopic (exact) mass is 324 g/mol. The number of rotatable bonds is 4. The van der Waals surface area contributed by atoms with Crippen LogP contribution in [0, 0.1) is 0 Å². The molecule has 0 saturated carbocycles. The number of aromatic hydroxyl groups is 1. The quantitative estimate of drug-likeness (QED) is 0.737. The Morgan fingerprint density at radius 2 is 2.00 bits per heavy atom. The van der Waals surface area contributed by atoms with Crippen molar-refractivity contribution < 1.29 is 24.1 Å². The molecular formula is C16H24N2O5. The molecule has 3 N–H and O–H groups in total. The van der Waals surface area contributed by atoms with Crippen molar-refractivity contribution in [3.8, 4) is 17.2 Å². The minimum atomic E-state index is -0.663. The highest BCUT2D eigenvalue weighted by molar-refractivity contribution is 5.88. The van der Waals surface area contributed by atoms with Crippen LogP contribution in [0.4, 0.5) is 10.5 Å². The summed E-state index contributed by atoms with van der Waals surface area (Å²) < 4.78 is 16.2. The van der Waals surface area contributed by atoms with Crippen molar-refractivity contribution in [1.82, 2.24) is 5.32 Å². The first-order valence-corrected chi connectivity index (χ1v) is 7.43. The molecule has 7 nitrogen and oxygen atoms in total. The molecule has 1 fully saturated rings. The number of carbonyl (C=O) groups is 1. The Bertz CT molecular complexity index is 591. The number of phenolic OH excluding ortho intramolecular Hbond substituents is 1. The number of hydrogen-bond acceptors (Lipinski definition) is 6. The van der Waals surface area contributed by atoms with Crippen LogP contribution in [0.3, 0.4) is 0 Å². The van der Waals surface area contributed by atoms with E-state index in [2.05, 4.69) is 10.6 Å². The van der Waals surface area contributed by atoms with Gasteiger partial charge in [-0.1, -0.05) is 0 Å². The molecule has 1 aliphatic rings. The largest absolute Gasteiger partial charge is 0.503 e. The molecule has 1 amide bonds. The summed E-state index contributed by atoms with van der Waals surface area (Å²) in [4.78, 5) is 11.9. The van der Waals surface area contributed by atoms with E-state index in [-0.39, 0.29) is 22.8 Å². The molecule has 0 spiro atoms. The average Bonchev–Trinajstić information content (AvgIpc) is 2.38. The summed E-state index contributed by atoms with van der Waals surface area (Å²) in [5, 5.41) is 15.8. The van der Waals surface area contributed by atoms with Gasteiger partial charge in [0.2, 0.25) is 0 Å². The fraction of sp³-hybridized carbons (Fsp3) is 0.562. The zero-order valence-electron chi connectivity index (χ0n) is 14.1. The molecule has 7 heteroatoms. The first-order valence-electron chi connectivity index (χ1n) is 7.43. The Morgan fingerprint density at radius 3 is 2.48 bits per heavy atom. The highest BCUT2D eigenvalue weighted by atomic mass is 16.6. The van der Waals surface area contributed by atoms with E-state index in [0.717, 1.165) is 13.1 Å². The molecule has 1 aromatic carbocycles. The van der Waals surface area contributed by atoms with Crippen molar-refractivity contribution in [3.05, 3.63) is 12.1 Å². The number of ether oxygens (including phenoxy) is 3. The second-order valence-electron chi connectivity index (χ2n) is 6.80. The van der Waals surface area contributed by atoms with Crippen LogP contribution >= 0.6 is 0 Å². The second-order valence-corrected chi connectivity index (χ2v) is 6.80. The van der Waals surface area contributed by atoms with E-state index < -0.39 is 11.7 Å². The van der Waals surface area contributed by atoms with Crippen LogP contribution in [-0.4, -0.2) is 42.6 Å². The molecule has 128 valence electrons. The second kappa shape index (κ2) is 6.16. The minimum absolute atomic E-state index is 0.171. The van der Waals surface area contributed by atoms with Crippen LogP contribution in [0.5, 0.6) is 17.2 Å². The molecule has 1 heterocycles. The zero-order valence-corrected chi connectivity index (χ0v) is 14.1. The lowest BCUT2D eigenvalue weighted by atomic mass is 10.00. The smallest absolute Gasteiger partial charge is 0.412 e. The number of phenols is 1. The molecule has 0 bridgehead atoms. The fourth-order valence-corrected chi connectivity index (χ4v) is 2.14. The van der Waals surface area contributed by atoms with Gasteiger partial charge in [-0.3, -0.25) is 5.32 Å². The summed E-state index contributed by atoms with van der Waals surface area (Å²) >= 11 is 0. The zero-order chi connectivity index (χ0) is 17.3. The number of amides is 1. The van der Waals surface area contributed by atoms with Gasteiger partial charge in [0, 0.05) is 25.2 Å². The van der Waals surface area contributed by atoms with Crippen molar-refractivity contribution in [2.24, 2.45) is 0 Å². The van der Waals surface area contributed by atoms with Crippen LogP contribution in [0.25, 0.3) is 0 Å². The maximum Gasteiger partial charge on any atom is 0.412 e. The molecule has 0 unspecified atom stereocenters. The lowest BCUT2D eigenvalue weighted by molar-refractivity contribution is 0.0347. The van der Waals surface area contributed by atoms with Crippen molar-refractivity contribution in [1.29, 1.82) is 0 Å². The van der Waals surface area contributed by atoms with Gasteiger partial charge in [0.15, 0.2) is 11.5 Å². The Labute approximate surface area is 135 Å². The van der Waals surface area contributed by atoms with Crippen LogP contribution in [-0.2, 0) is 4.74 Å². The molecule has 1 saturated heterocycles. The van der Waals surface area contributed by atoms with Crippen LogP contribution in [0.15, 0.2) is 12.1 Å². The Kier molecular flexibility index (Phi) is 4.61. The Hall–Kier alpha value is -2.15. The average molecular weight is 324 g/mol. The van der Waals surface area contributed by atoms with E-state index in [4.69, 9.17) is 14.2 Å². The third kappa shape index (κ3) is 4.41. The Balaban J connectivity index is 2.21. The van der Waals surface area contributed by atoms with E-state index in [9.17, 15) is 9.90 Å². The van der Waals surface area contributed by atoms with Gasteiger partial charge in [-0.15, -0.1) is 0 Å². The maximum atomic E-state index is 11.9. The summed E-state index contributed by atoms with van der Waals surface area (Å²) in [6.45, 7) is 8.71. The number of anilines is 1. The Morgan fingerprint density at radius 1 is 1.35 bits per heavy atom. The van der Waals surface area contributed by atoms with Crippen molar-refractivity contribution >= 4 is 11.8 Å². The van der Waals surface area contributed by atoms with Gasteiger partial charge in [0.25, 0.3) is 0 Å².